The molecular weight excluding hydrogens is 256 g/mol. The predicted octanol–water partition coefficient (Wildman–Crippen LogP) is 3.05. The second-order valence-electron chi connectivity index (χ2n) is 6.86. The first-order valence-electron chi connectivity index (χ1n) is 7.09. The third kappa shape index (κ3) is 5.08. The molecule has 20 heavy (non-hydrogen) atoms. The van der Waals surface area contributed by atoms with Crippen LogP contribution in [0.5, 0.6) is 0 Å². The van der Waals surface area contributed by atoms with Crippen LogP contribution in [-0.2, 0) is 19.1 Å². The van der Waals surface area contributed by atoms with Gasteiger partial charge in [0.1, 0.15) is 6.61 Å². The molecule has 114 valence electrons. The molecule has 0 radical (unpaired) electrons. The van der Waals surface area contributed by atoms with Crippen molar-refractivity contribution in [2.24, 2.45) is 5.41 Å². The Morgan fingerprint density at radius 3 is 2.45 bits per heavy atom. The van der Waals surface area contributed by atoms with Crippen molar-refractivity contribution >= 4 is 11.8 Å². The Balaban J connectivity index is 2.54. The van der Waals surface area contributed by atoms with Crippen molar-refractivity contribution in [2.45, 2.75) is 66.1 Å². The normalized spacial score (nSPS) is 19.4. The van der Waals surface area contributed by atoms with Crippen LogP contribution in [0.4, 0.5) is 0 Å². The fourth-order valence-corrected chi connectivity index (χ4v) is 2.36. The second kappa shape index (κ2) is 6.08. The minimum Gasteiger partial charge on any atom is -0.457 e. The maximum Gasteiger partial charge on any atom is 0.374 e. The van der Waals surface area contributed by atoms with E-state index in [1.54, 1.807) is 0 Å². The largest absolute Gasteiger partial charge is 0.457 e. The van der Waals surface area contributed by atoms with Crippen LogP contribution in [0.15, 0.2) is 11.6 Å². The molecule has 4 heteroatoms. The first kappa shape index (κ1) is 16.9. The smallest absolute Gasteiger partial charge is 0.374 e. The number of Topliss-reactive ketones (excluding diaryl/α,β-unsaturated/α-hetero) is 1. The molecule has 1 rings (SSSR count). The lowest BCUT2D eigenvalue weighted by Crippen LogP contribution is -2.36. The van der Waals surface area contributed by atoms with E-state index in [2.05, 4.69) is 19.9 Å². The highest BCUT2D eigenvalue weighted by atomic mass is 16.6. The predicted molar refractivity (Wildman–Crippen MR) is 77.4 cm³/mol. The zero-order valence-electron chi connectivity index (χ0n) is 13.4. The van der Waals surface area contributed by atoms with Gasteiger partial charge in [0.2, 0.25) is 5.78 Å². The Kier molecular flexibility index (Phi) is 5.14. The van der Waals surface area contributed by atoms with Crippen LogP contribution >= 0.6 is 0 Å². The fourth-order valence-electron chi connectivity index (χ4n) is 2.36. The van der Waals surface area contributed by atoms with E-state index >= 15 is 0 Å². The number of allylic oxidation sites excluding steroid dienone is 1. The molecule has 0 saturated heterocycles. The molecule has 1 aliphatic rings. The Morgan fingerprint density at radius 1 is 1.40 bits per heavy atom. The van der Waals surface area contributed by atoms with Gasteiger partial charge < -0.3 is 9.47 Å². The van der Waals surface area contributed by atoms with Gasteiger partial charge in [-0.2, -0.15) is 0 Å². The van der Waals surface area contributed by atoms with Gasteiger partial charge in [-0.1, -0.05) is 19.9 Å². The lowest BCUT2D eigenvalue weighted by atomic mass is 9.94. The van der Waals surface area contributed by atoms with Gasteiger partial charge in [0, 0.05) is 6.92 Å². The molecule has 0 aliphatic heterocycles. The number of carbonyl (C=O) groups excluding carboxylic acids is 2. The molecule has 0 aromatic heterocycles. The molecule has 1 aliphatic carbocycles. The van der Waals surface area contributed by atoms with Gasteiger partial charge in [0.25, 0.3) is 0 Å². The van der Waals surface area contributed by atoms with Gasteiger partial charge in [-0.05, 0) is 44.6 Å². The lowest BCUT2D eigenvalue weighted by molar-refractivity contribution is -0.161. The number of ketones is 1. The van der Waals surface area contributed by atoms with Gasteiger partial charge >= 0.3 is 5.97 Å². The molecular formula is C16H26O4. The molecule has 0 aromatic carbocycles. The summed E-state index contributed by atoms with van der Waals surface area (Å²) in [5, 5.41) is 0. The number of esters is 1. The van der Waals surface area contributed by atoms with E-state index in [0.717, 1.165) is 12.8 Å². The maximum absolute atomic E-state index is 11.2. The summed E-state index contributed by atoms with van der Waals surface area (Å²) in [6.07, 6.45) is 4.44. The quantitative estimate of drug-likeness (QED) is 0.427. The SMILES string of the molecule is CC(=O)C(=O)OCC(C)(C)OC(C)C1=CC(C)(C)CC1. The highest BCUT2D eigenvalue weighted by Crippen LogP contribution is 2.37. The molecule has 1 atom stereocenters. The molecule has 0 spiro atoms. The Morgan fingerprint density at radius 2 is 2.00 bits per heavy atom. The van der Waals surface area contributed by atoms with Crippen LogP contribution in [0.25, 0.3) is 0 Å². The van der Waals surface area contributed by atoms with Gasteiger partial charge in [0.05, 0.1) is 11.7 Å². The molecule has 0 saturated carbocycles. The van der Waals surface area contributed by atoms with Crippen molar-refractivity contribution in [3.05, 3.63) is 11.6 Å². The van der Waals surface area contributed by atoms with E-state index in [-0.39, 0.29) is 18.1 Å². The molecule has 0 heterocycles. The zero-order chi connectivity index (χ0) is 15.6. The van der Waals surface area contributed by atoms with E-state index in [9.17, 15) is 9.59 Å². The number of hydrogen-bond donors (Lipinski definition) is 0. The number of carbonyl (C=O) groups is 2. The van der Waals surface area contributed by atoms with E-state index in [1.165, 1.54) is 12.5 Å². The van der Waals surface area contributed by atoms with Crippen molar-refractivity contribution < 1.29 is 19.1 Å². The van der Waals surface area contributed by atoms with Gasteiger partial charge in [-0.25, -0.2) is 4.79 Å². The van der Waals surface area contributed by atoms with Crippen molar-refractivity contribution in [1.82, 2.24) is 0 Å². The van der Waals surface area contributed by atoms with Gasteiger partial charge in [0.15, 0.2) is 0 Å². The summed E-state index contributed by atoms with van der Waals surface area (Å²) in [6.45, 7) is 11.4. The third-order valence-electron chi connectivity index (χ3n) is 3.49. The van der Waals surface area contributed by atoms with E-state index in [4.69, 9.17) is 9.47 Å². The van der Waals surface area contributed by atoms with Gasteiger partial charge in [-0.3, -0.25) is 4.79 Å². The first-order valence-corrected chi connectivity index (χ1v) is 7.09. The fraction of sp³-hybridized carbons (Fsp3) is 0.750. The Bertz CT molecular complexity index is 418. The Hall–Kier alpha value is -1.16. The summed E-state index contributed by atoms with van der Waals surface area (Å²) in [4.78, 5) is 22.0. The molecule has 0 amide bonds. The topological polar surface area (TPSA) is 52.6 Å². The number of hydrogen-bond acceptors (Lipinski definition) is 4. The molecule has 0 fully saturated rings. The van der Waals surface area contributed by atoms with Crippen molar-refractivity contribution in [1.29, 1.82) is 0 Å². The summed E-state index contributed by atoms with van der Waals surface area (Å²) in [6, 6.07) is 0. The van der Waals surface area contributed by atoms with Crippen molar-refractivity contribution in [3.8, 4) is 0 Å². The van der Waals surface area contributed by atoms with Crippen LogP contribution in [0, 0.1) is 5.41 Å². The zero-order valence-corrected chi connectivity index (χ0v) is 13.4. The molecule has 1 unspecified atom stereocenters. The highest BCUT2D eigenvalue weighted by molar-refractivity contribution is 6.32. The monoisotopic (exact) mass is 282 g/mol. The van der Waals surface area contributed by atoms with Crippen LogP contribution in [-0.4, -0.2) is 30.1 Å². The molecule has 0 aromatic rings. The van der Waals surface area contributed by atoms with Crippen LogP contribution in [0.2, 0.25) is 0 Å². The summed E-state index contributed by atoms with van der Waals surface area (Å²) in [5.41, 5.74) is 0.914. The molecule has 0 bridgehead atoms. The molecule has 4 nitrogen and oxygen atoms in total. The molecule has 0 N–H and O–H groups in total. The summed E-state index contributed by atoms with van der Waals surface area (Å²) < 4.78 is 10.9. The summed E-state index contributed by atoms with van der Waals surface area (Å²) >= 11 is 0. The summed E-state index contributed by atoms with van der Waals surface area (Å²) in [5.74, 6) is -1.40. The average Bonchev–Trinajstić information content (AvgIpc) is 2.66. The van der Waals surface area contributed by atoms with Crippen LogP contribution in [0.3, 0.4) is 0 Å². The average molecular weight is 282 g/mol. The van der Waals surface area contributed by atoms with Crippen molar-refractivity contribution in [3.63, 3.8) is 0 Å². The van der Waals surface area contributed by atoms with E-state index in [1.807, 2.05) is 20.8 Å². The second-order valence-corrected chi connectivity index (χ2v) is 6.86. The minimum atomic E-state index is -0.810. The van der Waals surface area contributed by atoms with E-state index < -0.39 is 17.4 Å². The third-order valence-corrected chi connectivity index (χ3v) is 3.49. The van der Waals surface area contributed by atoms with Crippen molar-refractivity contribution in [2.75, 3.05) is 6.61 Å². The Labute approximate surface area is 121 Å². The standard InChI is InChI=1S/C16H26O4/c1-11(17)14(18)19-10-16(5,6)20-12(2)13-7-8-15(3,4)9-13/h9,12H,7-8,10H2,1-6H3. The number of rotatable bonds is 6. The summed E-state index contributed by atoms with van der Waals surface area (Å²) in [7, 11) is 0. The maximum atomic E-state index is 11.2. The van der Waals surface area contributed by atoms with Crippen LogP contribution in [0.1, 0.15) is 54.4 Å². The number of ether oxygens (including phenoxy) is 2. The minimum absolute atomic E-state index is 0.0113. The van der Waals surface area contributed by atoms with Crippen LogP contribution < -0.4 is 0 Å². The highest BCUT2D eigenvalue weighted by Gasteiger charge is 2.30. The van der Waals surface area contributed by atoms with E-state index in [0.29, 0.717) is 0 Å². The lowest BCUT2D eigenvalue weighted by Gasteiger charge is -2.29. The van der Waals surface area contributed by atoms with Gasteiger partial charge in [-0.15, -0.1) is 0 Å². The first-order chi connectivity index (χ1) is 9.02.